The van der Waals surface area contributed by atoms with Gasteiger partial charge in [0.25, 0.3) is 0 Å². The lowest BCUT2D eigenvalue weighted by Gasteiger charge is -2.58. The normalized spacial score (nSPS) is 33.1. The van der Waals surface area contributed by atoms with Crippen molar-refractivity contribution in [3.63, 3.8) is 0 Å². The molecule has 2 bridgehead atoms. The van der Waals surface area contributed by atoms with Gasteiger partial charge in [-0.2, -0.15) is 0 Å². The van der Waals surface area contributed by atoms with Crippen LogP contribution < -0.4 is 0 Å². The van der Waals surface area contributed by atoms with Gasteiger partial charge in [0.05, 0.1) is 0 Å². The first-order valence-electron chi connectivity index (χ1n) is 8.88. The number of hydrogen-bond donors (Lipinski definition) is 0. The molecular formula is C19H23N3S. The summed E-state index contributed by atoms with van der Waals surface area (Å²) >= 11 is 1.65. The molecule has 1 aromatic heterocycles. The zero-order valence-corrected chi connectivity index (χ0v) is 14.5. The number of hydrogen-bond acceptors (Lipinski definition) is 4. The Hall–Kier alpha value is -1.26. The fourth-order valence-corrected chi connectivity index (χ4v) is 6.18. The molecule has 2 aromatic rings. The third kappa shape index (κ3) is 1.97. The van der Waals surface area contributed by atoms with Crippen LogP contribution in [0.2, 0.25) is 0 Å². The highest BCUT2D eigenvalue weighted by Crippen LogP contribution is 2.55. The van der Waals surface area contributed by atoms with Gasteiger partial charge in [-0.25, -0.2) is 0 Å². The lowest BCUT2D eigenvalue weighted by atomic mass is 9.52. The summed E-state index contributed by atoms with van der Waals surface area (Å²) in [5.41, 5.74) is 6.78. The maximum atomic E-state index is 4.29. The van der Waals surface area contributed by atoms with E-state index in [0.717, 1.165) is 17.0 Å². The zero-order valence-electron chi connectivity index (χ0n) is 13.7. The molecule has 1 saturated carbocycles. The quantitative estimate of drug-likeness (QED) is 0.796. The van der Waals surface area contributed by atoms with Crippen LogP contribution in [0.1, 0.15) is 43.2 Å². The summed E-state index contributed by atoms with van der Waals surface area (Å²) in [6.07, 6.45) is 8.18. The molecule has 1 saturated heterocycles. The summed E-state index contributed by atoms with van der Waals surface area (Å²) in [6.45, 7) is 1.25. The fourth-order valence-electron chi connectivity index (χ4n) is 5.63. The first-order chi connectivity index (χ1) is 11.3. The highest BCUT2D eigenvalue weighted by molar-refractivity contribution is 7.12. The van der Waals surface area contributed by atoms with Crippen molar-refractivity contribution in [2.24, 2.45) is 5.92 Å². The number of fused-ring (bicyclic) bond motifs is 1. The van der Waals surface area contributed by atoms with Gasteiger partial charge in [0.15, 0.2) is 0 Å². The van der Waals surface area contributed by atoms with E-state index in [0.29, 0.717) is 5.41 Å². The van der Waals surface area contributed by atoms with Crippen LogP contribution in [0.5, 0.6) is 0 Å². The number of nitrogens with zero attached hydrogens (tertiary/aromatic N) is 3. The Morgan fingerprint density at radius 3 is 3.09 bits per heavy atom. The summed E-state index contributed by atoms with van der Waals surface area (Å²) in [6, 6.07) is 7.86. The van der Waals surface area contributed by atoms with E-state index in [-0.39, 0.29) is 0 Å². The molecule has 0 radical (unpaired) electrons. The Morgan fingerprint density at radius 2 is 2.22 bits per heavy atom. The van der Waals surface area contributed by atoms with Crippen molar-refractivity contribution in [3.8, 4) is 10.6 Å². The lowest BCUT2D eigenvalue weighted by Crippen LogP contribution is -2.59. The molecule has 3 atom stereocenters. The van der Waals surface area contributed by atoms with Gasteiger partial charge in [-0.15, -0.1) is 10.2 Å². The number of rotatable bonds is 1. The second-order valence-electron chi connectivity index (χ2n) is 7.63. The van der Waals surface area contributed by atoms with Crippen molar-refractivity contribution in [2.45, 2.75) is 50.0 Å². The minimum atomic E-state index is 0.434. The molecule has 5 rings (SSSR count). The molecule has 1 aromatic carbocycles. The lowest BCUT2D eigenvalue weighted by molar-refractivity contribution is 0.00290. The van der Waals surface area contributed by atoms with Crippen molar-refractivity contribution in [2.75, 3.05) is 13.6 Å². The van der Waals surface area contributed by atoms with Gasteiger partial charge < -0.3 is 4.90 Å². The van der Waals surface area contributed by atoms with Gasteiger partial charge in [-0.1, -0.05) is 36.3 Å². The zero-order chi connectivity index (χ0) is 15.4. The molecule has 0 spiro atoms. The number of piperidine rings is 1. The molecule has 4 heteroatoms. The highest BCUT2D eigenvalue weighted by Gasteiger charge is 2.52. The van der Waals surface area contributed by atoms with Gasteiger partial charge in [-0.05, 0) is 62.4 Å². The molecular weight excluding hydrogens is 302 g/mol. The number of likely N-dealkylation sites (N-methyl/N-ethyl adjacent to an activating group) is 1. The number of likely N-dealkylation sites (tertiary alicyclic amines) is 1. The molecule has 3 nitrogen and oxygen atoms in total. The van der Waals surface area contributed by atoms with Crippen LogP contribution in [0.25, 0.3) is 10.6 Å². The highest BCUT2D eigenvalue weighted by atomic mass is 32.1. The maximum absolute atomic E-state index is 4.29. The number of benzene rings is 1. The average Bonchev–Trinajstić information content (AvgIpc) is 3.12. The van der Waals surface area contributed by atoms with Crippen LogP contribution in [0.4, 0.5) is 0 Å². The van der Waals surface area contributed by atoms with E-state index in [1.54, 1.807) is 22.5 Å². The second kappa shape index (κ2) is 5.12. The van der Waals surface area contributed by atoms with Crippen molar-refractivity contribution in [1.29, 1.82) is 0 Å². The molecule has 2 heterocycles. The van der Waals surface area contributed by atoms with Crippen LogP contribution in [-0.2, 0) is 11.8 Å². The summed E-state index contributed by atoms with van der Waals surface area (Å²) in [4.78, 5) is 2.63. The number of aromatic nitrogens is 2. The summed E-state index contributed by atoms with van der Waals surface area (Å²) in [5, 5.41) is 9.38. The van der Waals surface area contributed by atoms with Gasteiger partial charge in [0.1, 0.15) is 10.5 Å². The van der Waals surface area contributed by atoms with E-state index in [9.17, 15) is 0 Å². The van der Waals surface area contributed by atoms with Crippen molar-refractivity contribution in [3.05, 3.63) is 34.8 Å². The van der Waals surface area contributed by atoms with E-state index in [4.69, 9.17) is 0 Å². The molecule has 2 fully saturated rings. The van der Waals surface area contributed by atoms with E-state index < -0.39 is 0 Å². The predicted molar refractivity (Wildman–Crippen MR) is 93.7 cm³/mol. The van der Waals surface area contributed by atoms with Gasteiger partial charge >= 0.3 is 0 Å². The summed E-state index contributed by atoms with van der Waals surface area (Å²) in [7, 11) is 2.34. The second-order valence-corrected chi connectivity index (χ2v) is 8.46. The average molecular weight is 325 g/mol. The summed E-state index contributed by atoms with van der Waals surface area (Å²) in [5.74, 6) is 0.854. The smallest absolute Gasteiger partial charge is 0.147 e. The molecule has 23 heavy (non-hydrogen) atoms. The molecule has 0 amide bonds. The first kappa shape index (κ1) is 14.1. The Balaban J connectivity index is 1.68. The molecule has 120 valence electrons. The van der Waals surface area contributed by atoms with Crippen molar-refractivity contribution < 1.29 is 0 Å². The Morgan fingerprint density at radius 1 is 1.26 bits per heavy atom. The van der Waals surface area contributed by atoms with Crippen LogP contribution >= 0.6 is 11.3 Å². The standard InChI is InChI=1S/C19H23N3S/c1-22-9-8-19-7-3-2-4-15(19)17(22)11-13-5-6-14(10-16(13)19)18-21-20-12-23-18/h5-6,10,12,15,17H,2-4,7-9,11H2,1H3/t15-,17+,19+/m1/s1. The van der Waals surface area contributed by atoms with Crippen molar-refractivity contribution >= 4 is 11.3 Å². The summed E-state index contributed by atoms with van der Waals surface area (Å²) < 4.78 is 0. The van der Waals surface area contributed by atoms with Crippen molar-refractivity contribution in [1.82, 2.24) is 15.1 Å². The third-order valence-electron chi connectivity index (χ3n) is 6.72. The monoisotopic (exact) mass is 325 g/mol. The molecule has 0 unspecified atom stereocenters. The largest absolute Gasteiger partial charge is 0.303 e. The van der Waals surface area contributed by atoms with E-state index in [1.807, 2.05) is 5.51 Å². The van der Waals surface area contributed by atoms with Crippen LogP contribution in [0, 0.1) is 5.92 Å². The Labute approximate surface area is 141 Å². The van der Waals surface area contributed by atoms with Gasteiger partial charge in [0, 0.05) is 17.0 Å². The van der Waals surface area contributed by atoms with Crippen LogP contribution in [-0.4, -0.2) is 34.7 Å². The van der Waals surface area contributed by atoms with Crippen LogP contribution in [0.15, 0.2) is 23.7 Å². The Bertz CT molecular complexity index is 726. The SMILES string of the molecule is CN1CC[C@@]23CCCC[C@@H]2[C@@H]1Cc1ccc(-c2nncs2)cc13. The molecule has 3 aliphatic rings. The molecule has 0 N–H and O–H groups in total. The molecule has 2 aliphatic carbocycles. The predicted octanol–water partition coefficient (Wildman–Crippen LogP) is 3.89. The van der Waals surface area contributed by atoms with Gasteiger partial charge in [-0.3, -0.25) is 0 Å². The maximum Gasteiger partial charge on any atom is 0.147 e. The van der Waals surface area contributed by atoms with E-state index in [2.05, 4.69) is 40.3 Å². The third-order valence-corrected chi connectivity index (χ3v) is 7.46. The molecule has 1 aliphatic heterocycles. The minimum absolute atomic E-state index is 0.434. The van der Waals surface area contributed by atoms with Gasteiger partial charge in [0.2, 0.25) is 0 Å². The van der Waals surface area contributed by atoms with E-state index >= 15 is 0 Å². The minimum Gasteiger partial charge on any atom is -0.303 e. The topological polar surface area (TPSA) is 29.0 Å². The first-order valence-corrected chi connectivity index (χ1v) is 9.76. The Kier molecular flexibility index (Phi) is 3.14. The fraction of sp³-hybridized carbons (Fsp3) is 0.579. The van der Waals surface area contributed by atoms with E-state index in [1.165, 1.54) is 50.6 Å². The van der Waals surface area contributed by atoms with Crippen LogP contribution in [0.3, 0.4) is 0 Å².